The fourth-order valence-electron chi connectivity index (χ4n) is 2.68. The Bertz CT molecular complexity index is 637. The molecular formula is C15H27N5O3S. The standard InChI is InChI=1S/C15H27N5O3S/c1-3-24(22,23)19(2)10-5-9-17-15(21)14-7-11-20(18-14)13-6-4-8-16-12-13/h7,11,13,16H,3-6,8-10,12H2,1-2H3,(H,17,21). The van der Waals surface area contributed by atoms with Crippen LogP contribution in [0.3, 0.4) is 0 Å². The molecule has 2 heterocycles. The second kappa shape index (κ2) is 8.59. The van der Waals surface area contributed by atoms with Crippen LogP contribution < -0.4 is 10.6 Å². The molecule has 0 spiro atoms. The predicted octanol–water partition coefficient (Wildman–Crippen LogP) is 0.209. The van der Waals surface area contributed by atoms with Crippen LogP contribution in [-0.2, 0) is 10.0 Å². The van der Waals surface area contributed by atoms with Crippen LogP contribution in [0.4, 0.5) is 0 Å². The molecule has 1 aromatic heterocycles. The number of hydrogen-bond donors (Lipinski definition) is 2. The average molecular weight is 357 g/mol. The Morgan fingerprint density at radius 2 is 2.33 bits per heavy atom. The number of carbonyl (C=O) groups excluding carboxylic acids is 1. The molecule has 24 heavy (non-hydrogen) atoms. The highest BCUT2D eigenvalue weighted by atomic mass is 32.2. The van der Waals surface area contributed by atoms with Crippen molar-refractivity contribution in [2.75, 3.05) is 39.0 Å². The highest BCUT2D eigenvalue weighted by molar-refractivity contribution is 7.89. The van der Waals surface area contributed by atoms with Gasteiger partial charge in [-0.25, -0.2) is 12.7 Å². The van der Waals surface area contributed by atoms with Gasteiger partial charge in [-0.05, 0) is 38.8 Å². The smallest absolute Gasteiger partial charge is 0.271 e. The van der Waals surface area contributed by atoms with Gasteiger partial charge in [0.2, 0.25) is 10.0 Å². The number of aromatic nitrogens is 2. The third kappa shape index (κ3) is 5.02. The third-order valence-electron chi connectivity index (χ3n) is 4.26. The number of sulfonamides is 1. The van der Waals surface area contributed by atoms with Crippen molar-refractivity contribution < 1.29 is 13.2 Å². The molecule has 9 heteroatoms. The van der Waals surface area contributed by atoms with Gasteiger partial charge in [-0.1, -0.05) is 0 Å². The van der Waals surface area contributed by atoms with Crippen LogP contribution in [0.1, 0.15) is 42.7 Å². The summed E-state index contributed by atoms with van der Waals surface area (Å²) in [4.78, 5) is 12.1. The molecule has 1 atom stereocenters. The molecule has 8 nitrogen and oxygen atoms in total. The SMILES string of the molecule is CCS(=O)(=O)N(C)CCCNC(=O)c1ccn(C2CCCNC2)n1. The molecule has 136 valence electrons. The minimum Gasteiger partial charge on any atom is -0.351 e. The number of rotatable bonds is 8. The Balaban J connectivity index is 1.76. The van der Waals surface area contributed by atoms with Crippen LogP contribution in [0.2, 0.25) is 0 Å². The molecule has 1 aromatic rings. The van der Waals surface area contributed by atoms with Gasteiger partial charge in [0.15, 0.2) is 0 Å². The Hall–Kier alpha value is -1.45. The first-order chi connectivity index (χ1) is 11.4. The molecule has 1 fully saturated rings. The monoisotopic (exact) mass is 357 g/mol. The van der Waals surface area contributed by atoms with E-state index >= 15 is 0 Å². The number of hydrogen-bond acceptors (Lipinski definition) is 5. The van der Waals surface area contributed by atoms with Gasteiger partial charge in [0.05, 0.1) is 11.8 Å². The van der Waals surface area contributed by atoms with Crippen molar-refractivity contribution in [2.24, 2.45) is 0 Å². The summed E-state index contributed by atoms with van der Waals surface area (Å²) < 4.78 is 26.4. The van der Waals surface area contributed by atoms with Crippen LogP contribution in [0.25, 0.3) is 0 Å². The van der Waals surface area contributed by atoms with Crippen molar-refractivity contribution in [3.63, 3.8) is 0 Å². The van der Waals surface area contributed by atoms with E-state index in [4.69, 9.17) is 0 Å². The van der Waals surface area contributed by atoms with Crippen molar-refractivity contribution in [3.8, 4) is 0 Å². The van der Waals surface area contributed by atoms with Gasteiger partial charge < -0.3 is 10.6 Å². The molecule has 1 aliphatic heterocycles. The molecule has 0 bridgehead atoms. The zero-order valence-electron chi connectivity index (χ0n) is 14.4. The summed E-state index contributed by atoms with van der Waals surface area (Å²) in [5.74, 6) is -0.137. The highest BCUT2D eigenvalue weighted by Gasteiger charge is 2.18. The largest absolute Gasteiger partial charge is 0.351 e. The Labute approximate surface area is 143 Å². The van der Waals surface area contributed by atoms with Crippen LogP contribution in [-0.4, -0.2) is 67.4 Å². The predicted molar refractivity (Wildman–Crippen MR) is 92.4 cm³/mol. The van der Waals surface area contributed by atoms with Crippen molar-refractivity contribution in [3.05, 3.63) is 18.0 Å². The first-order valence-corrected chi connectivity index (χ1v) is 10.0. The number of piperidine rings is 1. The van der Waals surface area contributed by atoms with E-state index in [1.54, 1.807) is 20.0 Å². The fraction of sp³-hybridized carbons (Fsp3) is 0.733. The van der Waals surface area contributed by atoms with Crippen LogP contribution in [0, 0.1) is 0 Å². The number of nitrogens with one attached hydrogen (secondary N) is 2. The van der Waals surface area contributed by atoms with Gasteiger partial charge in [-0.3, -0.25) is 9.48 Å². The van der Waals surface area contributed by atoms with E-state index < -0.39 is 10.0 Å². The Morgan fingerprint density at radius 3 is 3.00 bits per heavy atom. The van der Waals surface area contributed by atoms with E-state index in [-0.39, 0.29) is 11.7 Å². The summed E-state index contributed by atoms with van der Waals surface area (Å²) in [6.45, 7) is 4.33. The van der Waals surface area contributed by atoms with Gasteiger partial charge in [0.25, 0.3) is 5.91 Å². The summed E-state index contributed by atoms with van der Waals surface area (Å²) in [7, 11) is -1.61. The lowest BCUT2D eigenvalue weighted by molar-refractivity contribution is 0.0946. The lowest BCUT2D eigenvalue weighted by atomic mass is 10.1. The van der Waals surface area contributed by atoms with E-state index in [1.807, 2.05) is 10.9 Å². The van der Waals surface area contributed by atoms with Crippen molar-refractivity contribution in [1.29, 1.82) is 0 Å². The van der Waals surface area contributed by atoms with E-state index in [1.165, 1.54) is 4.31 Å². The highest BCUT2D eigenvalue weighted by Crippen LogP contribution is 2.15. The zero-order chi connectivity index (χ0) is 17.6. The summed E-state index contributed by atoms with van der Waals surface area (Å²) >= 11 is 0. The molecule has 0 aromatic carbocycles. The van der Waals surface area contributed by atoms with Gasteiger partial charge in [-0.15, -0.1) is 0 Å². The molecule has 2 rings (SSSR count). The maximum atomic E-state index is 12.1. The number of carbonyl (C=O) groups is 1. The Kier molecular flexibility index (Phi) is 6.76. The molecular weight excluding hydrogens is 330 g/mol. The zero-order valence-corrected chi connectivity index (χ0v) is 15.2. The topological polar surface area (TPSA) is 96.3 Å². The van der Waals surface area contributed by atoms with Crippen LogP contribution in [0.15, 0.2) is 12.3 Å². The lowest BCUT2D eigenvalue weighted by Gasteiger charge is -2.22. The second-order valence-electron chi connectivity index (χ2n) is 6.01. The molecule has 0 aliphatic carbocycles. The van der Waals surface area contributed by atoms with E-state index in [9.17, 15) is 13.2 Å². The van der Waals surface area contributed by atoms with E-state index in [0.29, 0.717) is 31.2 Å². The third-order valence-corrected chi connectivity index (χ3v) is 6.12. The lowest BCUT2D eigenvalue weighted by Crippen LogP contribution is -2.33. The normalized spacial score (nSPS) is 18.7. The molecule has 0 saturated carbocycles. The van der Waals surface area contributed by atoms with Crippen molar-refractivity contribution >= 4 is 15.9 Å². The van der Waals surface area contributed by atoms with Crippen molar-refractivity contribution in [2.45, 2.75) is 32.2 Å². The molecule has 1 unspecified atom stereocenters. The van der Waals surface area contributed by atoms with Gasteiger partial charge in [-0.2, -0.15) is 5.10 Å². The first kappa shape index (κ1) is 18.9. The molecule has 0 radical (unpaired) electrons. The van der Waals surface area contributed by atoms with E-state index in [0.717, 1.165) is 25.9 Å². The van der Waals surface area contributed by atoms with E-state index in [2.05, 4.69) is 15.7 Å². The van der Waals surface area contributed by atoms with Gasteiger partial charge in [0.1, 0.15) is 5.69 Å². The summed E-state index contributed by atoms with van der Waals surface area (Å²) in [5, 5.41) is 10.5. The average Bonchev–Trinajstić information content (AvgIpc) is 3.09. The molecule has 2 N–H and O–H groups in total. The fourth-order valence-corrected chi connectivity index (χ4v) is 3.52. The quantitative estimate of drug-likeness (QED) is 0.648. The van der Waals surface area contributed by atoms with Gasteiger partial charge in [0, 0.05) is 32.9 Å². The second-order valence-corrected chi connectivity index (χ2v) is 8.38. The molecule has 1 saturated heterocycles. The summed E-state index contributed by atoms with van der Waals surface area (Å²) in [5.41, 5.74) is 0.398. The van der Waals surface area contributed by atoms with Crippen LogP contribution >= 0.6 is 0 Å². The summed E-state index contributed by atoms with van der Waals surface area (Å²) in [6.07, 6.45) is 4.58. The summed E-state index contributed by atoms with van der Waals surface area (Å²) in [6, 6.07) is 2.02. The first-order valence-electron chi connectivity index (χ1n) is 8.42. The number of nitrogens with zero attached hydrogens (tertiary/aromatic N) is 3. The minimum absolute atomic E-state index is 0.0866. The Morgan fingerprint density at radius 1 is 1.54 bits per heavy atom. The maximum absolute atomic E-state index is 12.1. The number of amides is 1. The minimum atomic E-state index is -3.16. The molecule has 1 amide bonds. The van der Waals surface area contributed by atoms with Crippen LogP contribution in [0.5, 0.6) is 0 Å². The van der Waals surface area contributed by atoms with Gasteiger partial charge >= 0.3 is 0 Å². The maximum Gasteiger partial charge on any atom is 0.271 e. The molecule has 1 aliphatic rings. The van der Waals surface area contributed by atoms with Crippen molar-refractivity contribution in [1.82, 2.24) is 24.7 Å².